The SMILES string of the molecule is Cc1ccc(-c2ccc3c(c2)C=NCC(=O)N3)n1Cl. The molecule has 0 atom stereocenters. The van der Waals surface area contributed by atoms with Crippen LogP contribution in [0.3, 0.4) is 0 Å². The smallest absolute Gasteiger partial charge is 0.246 e. The Balaban J connectivity index is 2.09. The highest BCUT2D eigenvalue weighted by atomic mass is 35.5. The number of benzene rings is 1. The number of carbonyl (C=O) groups excluding carboxylic acids is 1. The van der Waals surface area contributed by atoms with Crippen LogP contribution < -0.4 is 5.32 Å². The van der Waals surface area contributed by atoms with Gasteiger partial charge in [-0.15, -0.1) is 0 Å². The van der Waals surface area contributed by atoms with Crippen LogP contribution >= 0.6 is 11.8 Å². The molecule has 96 valence electrons. The van der Waals surface area contributed by atoms with Crippen LogP contribution in [0.25, 0.3) is 11.3 Å². The Bertz CT molecular complexity index is 688. The molecule has 2 aromatic rings. The van der Waals surface area contributed by atoms with Gasteiger partial charge < -0.3 is 5.32 Å². The maximum atomic E-state index is 11.4. The molecule has 0 saturated heterocycles. The Morgan fingerprint density at radius 2 is 2.16 bits per heavy atom. The summed E-state index contributed by atoms with van der Waals surface area (Å²) in [6.07, 6.45) is 1.71. The van der Waals surface area contributed by atoms with E-state index in [-0.39, 0.29) is 12.5 Å². The number of amides is 1. The molecule has 1 N–H and O–H groups in total. The monoisotopic (exact) mass is 273 g/mol. The fraction of sp³-hybridized carbons (Fsp3) is 0.143. The number of nitrogens with zero attached hydrogens (tertiary/aromatic N) is 2. The predicted octanol–water partition coefficient (Wildman–Crippen LogP) is 2.84. The maximum absolute atomic E-state index is 11.4. The first-order chi connectivity index (χ1) is 9.15. The van der Waals surface area contributed by atoms with Crippen molar-refractivity contribution in [3.8, 4) is 11.3 Å². The Morgan fingerprint density at radius 3 is 2.89 bits per heavy atom. The first-order valence-electron chi connectivity index (χ1n) is 5.94. The number of benzodiazepines with no additional fused rings is 1. The summed E-state index contributed by atoms with van der Waals surface area (Å²) in [6, 6.07) is 9.71. The molecule has 1 amide bonds. The van der Waals surface area contributed by atoms with Gasteiger partial charge in [0.25, 0.3) is 0 Å². The quantitative estimate of drug-likeness (QED) is 0.853. The lowest BCUT2D eigenvalue weighted by molar-refractivity contribution is -0.114. The minimum Gasteiger partial charge on any atom is -0.324 e. The van der Waals surface area contributed by atoms with E-state index in [2.05, 4.69) is 10.3 Å². The van der Waals surface area contributed by atoms with Crippen molar-refractivity contribution in [3.63, 3.8) is 0 Å². The van der Waals surface area contributed by atoms with Gasteiger partial charge in [0.2, 0.25) is 5.91 Å². The fourth-order valence-electron chi connectivity index (χ4n) is 2.09. The summed E-state index contributed by atoms with van der Waals surface area (Å²) in [5.74, 6) is -0.0979. The Labute approximate surface area is 115 Å². The van der Waals surface area contributed by atoms with E-state index < -0.39 is 0 Å². The summed E-state index contributed by atoms with van der Waals surface area (Å²) in [7, 11) is 0. The summed E-state index contributed by atoms with van der Waals surface area (Å²) in [5, 5.41) is 2.82. The second-order valence-corrected chi connectivity index (χ2v) is 4.80. The summed E-state index contributed by atoms with van der Waals surface area (Å²) in [6.45, 7) is 2.11. The molecule has 0 saturated carbocycles. The summed E-state index contributed by atoms with van der Waals surface area (Å²) in [4.78, 5) is 15.5. The normalized spacial score (nSPS) is 13.9. The standard InChI is InChI=1S/C14H12ClN3O/c1-9-2-5-13(18(9)15)10-3-4-12-11(6-10)7-16-8-14(19)17-12/h2-7H,8H2,1H3,(H,17,19). The molecular formula is C14H12ClN3O. The van der Waals surface area contributed by atoms with E-state index in [1.165, 1.54) is 0 Å². The van der Waals surface area contributed by atoms with E-state index in [4.69, 9.17) is 11.8 Å². The van der Waals surface area contributed by atoms with Gasteiger partial charge in [0, 0.05) is 40.5 Å². The van der Waals surface area contributed by atoms with Crippen molar-refractivity contribution in [2.45, 2.75) is 6.92 Å². The molecule has 1 aliphatic heterocycles. The highest BCUT2D eigenvalue weighted by molar-refractivity contribution is 6.17. The molecule has 0 aliphatic carbocycles. The number of rotatable bonds is 1. The van der Waals surface area contributed by atoms with Crippen molar-refractivity contribution < 1.29 is 4.79 Å². The highest BCUT2D eigenvalue weighted by Crippen LogP contribution is 2.27. The lowest BCUT2D eigenvalue weighted by Gasteiger charge is -2.08. The molecule has 0 bridgehead atoms. The zero-order valence-corrected chi connectivity index (χ0v) is 11.1. The third-order valence-electron chi connectivity index (χ3n) is 3.09. The maximum Gasteiger partial charge on any atom is 0.246 e. The van der Waals surface area contributed by atoms with Crippen molar-refractivity contribution in [1.29, 1.82) is 0 Å². The highest BCUT2D eigenvalue weighted by Gasteiger charge is 2.12. The van der Waals surface area contributed by atoms with Gasteiger partial charge in [0.1, 0.15) is 6.54 Å². The van der Waals surface area contributed by atoms with Crippen molar-refractivity contribution >= 4 is 29.6 Å². The van der Waals surface area contributed by atoms with Crippen molar-refractivity contribution in [2.24, 2.45) is 4.99 Å². The molecule has 4 nitrogen and oxygen atoms in total. The van der Waals surface area contributed by atoms with Crippen molar-refractivity contribution in [1.82, 2.24) is 4.09 Å². The topological polar surface area (TPSA) is 46.4 Å². The number of aromatic nitrogens is 1. The number of anilines is 1. The van der Waals surface area contributed by atoms with Gasteiger partial charge in [0.05, 0.1) is 5.69 Å². The first-order valence-corrected chi connectivity index (χ1v) is 6.27. The van der Waals surface area contributed by atoms with E-state index in [0.717, 1.165) is 28.2 Å². The molecule has 0 unspecified atom stereocenters. The van der Waals surface area contributed by atoms with Crippen LogP contribution in [-0.4, -0.2) is 22.8 Å². The van der Waals surface area contributed by atoms with Crippen LogP contribution in [0.15, 0.2) is 35.3 Å². The number of aliphatic imine (C=N–C) groups is 1. The number of halogens is 1. The van der Waals surface area contributed by atoms with Crippen LogP contribution in [0.2, 0.25) is 0 Å². The van der Waals surface area contributed by atoms with Crippen molar-refractivity contribution in [3.05, 3.63) is 41.6 Å². The third-order valence-corrected chi connectivity index (χ3v) is 3.54. The van der Waals surface area contributed by atoms with Gasteiger partial charge in [-0.1, -0.05) is 6.07 Å². The second-order valence-electron chi connectivity index (χ2n) is 4.46. The predicted molar refractivity (Wildman–Crippen MR) is 76.9 cm³/mol. The van der Waals surface area contributed by atoms with Gasteiger partial charge in [-0.05, 0) is 31.2 Å². The lowest BCUT2D eigenvalue weighted by atomic mass is 10.1. The minimum absolute atomic E-state index is 0.0979. The number of nitrogens with one attached hydrogen (secondary N) is 1. The molecular weight excluding hydrogens is 262 g/mol. The summed E-state index contributed by atoms with van der Waals surface area (Å²) < 4.78 is 1.62. The number of hydrogen-bond acceptors (Lipinski definition) is 2. The Kier molecular flexibility index (Phi) is 2.87. The molecule has 1 aliphatic rings. The number of hydrogen-bond donors (Lipinski definition) is 1. The molecule has 0 spiro atoms. The van der Waals surface area contributed by atoms with E-state index in [1.54, 1.807) is 10.3 Å². The molecule has 19 heavy (non-hydrogen) atoms. The van der Waals surface area contributed by atoms with Crippen LogP contribution in [-0.2, 0) is 4.79 Å². The van der Waals surface area contributed by atoms with Gasteiger partial charge in [-0.25, -0.2) is 0 Å². The molecule has 3 rings (SSSR count). The van der Waals surface area contributed by atoms with E-state index in [1.807, 2.05) is 37.3 Å². The van der Waals surface area contributed by atoms with E-state index in [0.29, 0.717) is 0 Å². The fourth-order valence-corrected chi connectivity index (χ4v) is 2.30. The molecule has 0 fully saturated rings. The van der Waals surface area contributed by atoms with Gasteiger partial charge in [-0.3, -0.25) is 13.9 Å². The van der Waals surface area contributed by atoms with Crippen LogP contribution in [0, 0.1) is 6.92 Å². The summed E-state index contributed by atoms with van der Waals surface area (Å²) in [5.41, 5.74) is 4.56. The minimum atomic E-state index is -0.0979. The van der Waals surface area contributed by atoms with Gasteiger partial charge in [-0.2, -0.15) is 0 Å². The largest absolute Gasteiger partial charge is 0.324 e. The molecule has 5 heteroatoms. The Hall–Kier alpha value is -2.07. The number of aryl methyl sites for hydroxylation is 1. The van der Waals surface area contributed by atoms with Crippen LogP contribution in [0.1, 0.15) is 11.3 Å². The number of fused-ring (bicyclic) bond motifs is 1. The first kappa shape index (κ1) is 12.0. The number of carbonyl (C=O) groups is 1. The molecule has 1 aromatic carbocycles. The van der Waals surface area contributed by atoms with Gasteiger partial charge in [0.15, 0.2) is 0 Å². The van der Waals surface area contributed by atoms with Gasteiger partial charge >= 0.3 is 0 Å². The zero-order valence-electron chi connectivity index (χ0n) is 10.4. The molecule has 0 radical (unpaired) electrons. The van der Waals surface area contributed by atoms with E-state index in [9.17, 15) is 4.79 Å². The second kappa shape index (κ2) is 4.55. The van der Waals surface area contributed by atoms with Crippen LogP contribution in [0.5, 0.6) is 0 Å². The lowest BCUT2D eigenvalue weighted by Crippen LogP contribution is -2.13. The van der Waals surface area contributed by atoms with Crippen molar-refractivity contribution in [2.75, 3.05) is 11.9 Å². The zero-order chi connectivity index (χ0) is 13.4. The average Bonchev–Trinajstić information content (AvgIpc) is 2.61. The molecule has 1 aromatic heterocycles. The van der Waals surface area contributed by atoms with Crippen LogP contribution in [0.4, 0.5) is 5.69 Å². The van der Waals surface area contributed by atoms with E-state index >= 15 is 0 Å². The molecule has 2 heterocycles. The average molecular weight is 274 g/mol. The third kappa shape index (κ3) is 2.15. The Morgan fingerprint density at radius 1 is 1.32 bits per heavy atom. The summed E-state index contributed by atoms with van der Waals surface area (Å²) >= 11 is 6.20.